The molecule has 0 unspecified atom stereocenters. The van der Waals surface area contributed by atoms with E-state index < -0.39 is 0 Å². The fourth-order valence-corrected chi connectivity index (χ4v) is 5.29. The number of nitrogens with zero attached hydrogens (tertiary/aromatic N) is 6. The first-order chi connectivity index (χ1) is 13.6. The molecule has 0 saturated heterocycles. The molecule has 146 valence electrons. The Hall–Kier alpha value is -1.62. The molecule has 0 aromatic carbocycles. The quantitative estimate of drug-likeness (QED) is 0.268. The van der Waals surface area contributed by atoms with Gasteiger partial charge in [-0.05, 0) is 72.2 Å². The van der Waals surface area contributed by atoms with E-state index in [1.54, 1.807) is 12.4 Å². The average molecular weight is 449 g/mol. The van der Waals surface area contributed by atoms with E-state index in [0.717, 1.165) is 31.6 Å². The predicted octanol–water partition coefficient (Wildman–Crippen LogP) is 5.44. The number of aromatic nitrogens is 2. The Balaban J connectivity index is 2.02. The van der Waals surface area contributed by atoms with Gasteiger partial charge in [-0.3, -0.25) is 9.97 Å². The van der Waals surface area contributed by atoms with Crippen molar-refractivity contribution in [1.82, 2.24) is 9.97 Å². The monoisotopic (exact) mass is 448 g/mol. The first kappa shape index (κ1) is 22.7. The van der Waals surface area contributed by atoms with Crippen molar-refractivity contribution in [1.29, 1.82) is 0 Å². The zero-order chi connectivity index (χ0) is 20.2. The van der Waals surface area contributed by atoms with Crippen LogP contribution < -0.4 is 0 Å². The fraction of sp³-hybridized carbons (Fsp3) is 0.222. The maximum Gasteiger partial charge on any atom is 0.163 e. The van der Waals surface area contributed by atoms with Crippen molar-refractivity contribution in [2.75, 3.05) is 12.5 Å². The highest BCUT2D eigenvalue weighted by Crippen LogP contribution is 2.33. The van der Waals surface area contributed by atoms with Crippen molar-refractivity contribution in [2.24, 2.45) is 20.4 Å². The van der Waals surface area contributed by atoms with Crippen molar-refractivity contribution < 1.29 is 0 Å². The lowest BCUT2D eigenvalue weighted by molar-refractivity contribution is 1.21. The molecule has 0 aliphatic carbocycles. The highest BCUT2D eigenvalue weighted by atomic mass is 33.1. The summed E-state index contributed by atoms with van der Waals surface area (Å²) in [7, 11) is 3.01. The second-order valence-electron chi connectivity index (χ2n) is 5.11. The number of thioether (sulfide) groups is 2. The van der Waals surface area contributed by atoms with Crippen LogP contribution >= 0.6 is 45.1 Å². The summed E-state index contributed by atoms with van der Waals surface area (Å²) in [5.41, 5.74) is 3.17. The smallest absolute Gasteiger partial charge is 0.163 e. The van der Waals surface area contributed by atoms with Gasteiger partial charge < -0.3 is 0 Å². The van der Waals surface area contributed by atoms with Gasteiger partial charge in [-0.15, -0.1) is 33.7 Å². The van der Waals surface area contributed by atoms with E-state index >= 15 is 0 Å². The van der Waals surface area contributed by atoms with Crippen LogP contribution in [-0.4, -0.2) is 42.7 Å². The summed E-state index contributed by atoms with van der Waals surface area (Å²) >= 11 is 3.07. The predicted molar refractivity (Wildman–Crippen MR) is 130 cm³/mol. The summed E-state index contributed by atoms with van der Waals surface area (Å²) in [5, 5.41) is 17.2. The first-order valence-electron chi connectivity index (χ1n) is 8.14. The zero-order valence-electron chi connectivity index (χ0n) is 15.9. The molecule has 0 radical (unpaired) electrons. The summed E-state index contributed by atoms with van der Waals surface area (Å²) in [5.74, 6) is 0. The Morgan fingerprint density at radius 2 is 1.11 bits per heavy atom. The van der Waals surface area contributed by atoms with Gasteiger partial charge in [-0.1, -0.05) is 12.1 Å². The standard InChI is InChI=1S/C18H20N6S4/c1-13(15-9-5-7-11-19-15)21-23-17(25-3)27-28-18(26-4)24-22-14(2)16-10-6-8-12-20-16/h5-12H,1-4H3/b21-13-,22-14-,23-17-,24-18+. The van der Waals surface area contributed by atoms with E-state index in [0.29, 0.717) is 0 Å². The minimum absolute atomic E-state index is 0.770. The lowest BCUT2D eigenvalue weighted by atomic mass is 10.3. The number of hydrogen-bond acceptors (Lipinski definition) is 10. The highest BCUT2D eigenvalue weighted by molar-refractivity contribution is 8.93. The Morgan fingerprint density at radius 3 is 1.43 bits per heavy atom. The van der Waals surface area contributed by atoms with E-state index in [2.05, 4.69) is 30.4 Å². The molecule has 0 atom stereocenters. The Bertz CT molecular complexity index is 793. The van der Waals surface area contributed by atoms with Gasteiger partial charge in [0.15, 0.2) is 8.75 Å². The largest absolute Gasteiger partial charge is 0.255 e. The van der Waals surface area contributed by atoms with Gasteiger partial charge in [0.05, 0.1) is 22.8 Å². The van der Waals surface area contributed by atoms with Crippen molar-refractivity contribution in [3.63, 3.8) is 0 Å². The van der Waals surface area contributed by atoms with E-state index in [9.17, 15) is 0 Å². The van der Waals surface area contributed by atoms with Crippen molar-refractivity contribution >= 4 is 65.3 Å². The van der Waals surface area contributed by atoms with Crippen LogP contribution in [-0.2, 0) is 0 Å². The van der Waals surface area contributed by atoms with Gasteiger partial charge in [0.2, 0.25) is 0 Å². The van der Waals surface area contributed by atoms with Crippen LogP contribution in [0.4, 0.5) is 0 Å². The fourth-order valence-electron chi connectivity index (χ4n) is 1.74. The molecule has 2 rings (SSSR count). The number of rotatable bonds is 4. The molecule has 0 N–H and O–H groups in total. The second kappa shape index (κ2) is 12.8. The molecule has 2 heterocycles. The molecule has 0 spiro atoms. The summed E-state index contributed by atoms with van der Waals surface area (Å²) < 4.78 is 1.65. The van der Waals surface area contributed by atoms with E-state index in [1.165, 1.54) is 45.1 Å². The molecule has 10 heteroatoms. The molecule has 28 heavy (non-hydrogen) atoms. The van der Waals surface area contributed by atoms with Crippen molar-refractivity contribution in [3.8, 4) is 0 Å². The molecule has 0 aliphatic heterocycles. The van der Waals surface area contributed by atoms with Crippen molar-refractivity contribution in [3.05, 3.63) is 60.2 Å². The molecule has 6 nitrogen and oxygen atoms in total. The van der Waals surface area contributed by atoms with Gasteiger partial charge >= 0.3 is 0 Å². The van der Waals surface area contributed by atoms with E-state index in [-0.39, 0.29) is 0 Å². The minimum atomic E-state index is 0.770. The molecular formula is C18H20N6S4. The van der Waals surface area contributed by atoms with Gasteiger partial charge in [0, 0.05) is 12.4 Å². The average Bonchev–Trinajstić information content (AvgIpc) is 2.76. The number of pyridine rings is 2. The Labute approximate surface area is 181 Å². The zero-order valence-corrected chi connectivity index (χ0v) is 19.2. The molecule has 0 aliphatic rings. The minimum Gasteiger partial charge on any atom is -0.255 e. The van der Waals surface area contributed by atoms with Gasteiger partial charge in [0.1, 0.15) is 0 Å². The van der Waals surface area contributed by atoms with E-state index in [1.807, 2.05) is 62.8 Å². The van der Waals surface area contributed by atoms with Crippen LogP contribution in [0.2, 0.25) is 0 Å². The Morgan fingerprint density at radius 1 is 0.679 bits per heavy atom. The van der Waals surface area contributed by atoms with Gasteiger partial charge in [0.25, 0.3) is 0 Å². The number of hydrogen-bond donors (Lipinski definition) is 0. The molecule has 0 saturated carbocycles. The van der Waals surface area contributed by atoms with E-state index in [4.69, 9.17) is 0 Å². The summed E-state index contributed by atoms with van der Waals surface area (Å²) in [6.07, 6.45) is 7.42. The third-order valence-corrected chi connectivity index (χ3v) is 7.89. The van der Waals surface area contributed by atoms with Crippen molar-refractivity contribution in [2.45, 2.75) is 13.8 Å². The van der Waals surface area contributed by atoms with Crippen LogP contribution in [0.1, 0.15) is 25.2 Å². The van der Waals surface area contributed by atoms with Gasteiger partial charge in [-0.25, -0.2) is 0 Å². The van der Waals surface area contributed by atoms with Crippen LogP contribution in [0.15, 0.2) is 69.2 Å². The lowest BCUT2D eigenvalue weighted by Gasteiger charge is -2.02. The van der Waals surface area contributed by atoms with Crippen LogP contribution in [0, 0.1) is 0 Å². The molecule has 2 aromatic heterocycles. The van der Waals surface area contributed by atoms with Crippen LogP contribution in [0.3, 0.4) is 0 Å². The lowest BCUT2D eigenvalue weighted by Crippen LogP contribution is -1.97. The van der Waals surface area contributed by atoms with Crippen LogP contribution in [0.25, 0.3) is 0 Å². The summed E-state index contributed by atoms with van der Waals surface area (Å²) in [6.45, 7) is 3.79. The SMILES string of the molecule is CS/C(=N/N=C(/C)c1ccccn1)SS/C(=N/N=C(/C)c1ccccn1)SC. The molecule has 2 aromatic rings. The second-order valence-corrected chi connectivity index (χ2v) is 9.32. The summed E-state index contributed by atoms with van der Waals surface area (Å²) in [4.78, 5) is 8.55. The van der Waals surface area contributed by atoms with Crippen LogP contribution in [0.5, 0.6) is 0 Å². The van der Waals surface area contributed by atoms with Gasteiger partial charge in [-0.2, -0.15) is 10.2 Å². The topological polar surface area (TPSA) is 75.2 Å². The maximum atomic E-state index is 4.33. The normalized spacial score (nSPS) is 13.7. The third-order valence-electron chi connectivity index (χ3n) is 3.17. The molecular weight excluding hydrogens is 429 g/mol. The molecule has 0 bridgehead atoms. The maximum absolute atomic E-state index is 4.33. The molecule has 0 amide bonds. The summed E-state index contributed by atoms with van der Waals surface area (Å²) in [6, 6.07) is 11.4. The first-order valence-corrected chi connectivity index (χ1v) is 12.7. The third kappa shape index (κ3) is 7.78. The highest BCUT2D eigenvalue weighted by Gasteiger charge is 2.06. The molecule has 0 fully saturated rings. The Kier molecular flexibility index (Phi) is 10.3.